The van der Waals surface area contributed by atoms with E-state index in [9.17, 15) is 13.5 Å². The zero-order chi connectivity index (χ0) is 10.3. The number of rotatable bonds is 2. The van der Waals surface area contributed by atoms with Crippen molar-refractivity contribution in [1.29, 1.82) is 0 Å². The first-order valence-electron chi connectivity index (χ1n) is 4.07. The predicted molar refractivity (Wildman–Crippen MR) is 54.1 cm³/mol. The predicted octanol–water partition coefficient (Wildman–Crippen LogP) is 0.514. The molecule has 1 rings (SSSR count). The third kappa shape index (κ3) is 1.91. The molecule has 4 nitrogen and oxygen atoms in total. The van der Waals surface area contributed by atoms with Gasteiger partial charge in [0.1, 0.15) is 4.66 Å². The summed E-state index contributed by atoms with van der Waals surface area (Å²) < 4.78 is 24.3. The van der Waals surface area contributed by atoms with Gasteiger partial charge >= 0.3 is 0 Å². The van der Waals surface area contributed by atoms with E-state index >= 15 is 0 Å². The van der Waals surface area contributed by atoms with Gasteiger partial charge in [-0.3, -0.25) is 0 Å². The molecular formula is C7H14BrNO3S. The highest BCUT2D eigenvalue weighted by Crippen LogP contribution is 2.31. The third-order valence-corrected chi connectivity index (χ3v) is 5.87. The van der Waals surface area contributed by atoms with Crippen molar-refractivity contribution in [2.24, 2.45) is 0 Å². The molecule has 6 heteroatoms. The number of sulfonamides is 1. The fourth-order valence-corrected chi connectivity index (χ4v) is 3.69. The number of nitrogens with zero attached hydrogens (tertiary/aromatic N) is 1. The highest BCUT2D eigenvalue weighted by molar-refractivity contribution is 9.10. The summed E-state index contributed by atoms with van der Waals surface area (Å²) >= 11 is 2.94. The van der Waals surface area contributed by atoms with Crippen LogP contribution >= 0.6 is 15.9 Å². The van der Waals surface area contributed by atoms with E-state index in [0.29, 0.717) is 13.0 Å². The van der Waals surface area contributed by atoms with Gasteiger partial charge in [0, 0.05) is 6.54 Å². The molecule has 0 radical (unpaired) electrons. The zero-order valence-electron chi connectivity index (χ0n) is 7.70. The standard InChI is InChI=1S/C7H14BrNO3S/c1-7(2)6(10)3-4-9(7)13(11,12)5-8/h6,10H,3-5H2,1-2H3. The second kappa shape index (κ2) is 3.49. The van der Waals surface area contributed by atoms with Gasteiger partial charge in [-0.1, -0.05) is 15.9 Å². The van der Waals surface area contributed by atoms with E-state index in [4.69, 9.17) is 0 Å². The minimum absolute atomic E-state index is 0.0872. The number of hydrogen-bond acceptors (Lipinski definition) is 3. The molecule has 1 atom stereocenters. The molecule has 1 aliphatic heterocycles. The maximum Gasteiger partial charge on any atom is 0.224 e. The Bertz CT molecular complexity index is 288. The summed E-state index contributed by atoms with van der Waals surface area (Å²) in [4.78, 5) is 0. The first-order valence-corrected chi connectivity index (χ1v) is 6.80. The molecule has 13 heavy (non-hydrogen) atoms. The van der Waals surface area contributed by atoms with Crippen LogP contribution in [0.4, 0.5) is 0 Å². The monoisotopic (exact) mass is 271 g/mol. The molecule has 1 saturated heterocycles. The fourth-order valence-electron chi connectivity index (χ4n) is 1.60. The summed E-state index contributed by atoms with van der Waals surface area (Å²) in [5, 5.41) is 9.56. The Morgan fingerprint density at radius 3 is 2.46 bits per heavy atom. The quantitative estimate of drug-likeness (QED) is 0.745. The van der Waals surface area contributed by atoms with Crippen molar-refractivity contribution in [3.05, 3.63) is 0 Å². The van der Waals surface area contributed by atoms with Crippen LogP contribution in [0.25, 0.3) is 0 Å². The number of alkyl halides is 1. The van der Waals surface area contributed by atoms with Gasteiger partial charge in [0.25, 0.3) is 0 Å². The second-order valence-electron chi connectivity index (χ2n) is 3.75. The topological polar surface area (TPSA) is 57.6 Å². The number of aliphatic hydroxyl groups excluding tert-OH is 1. The summed E-state index contributed by atoms with van der Waals surface area (Å²) in [6.45, 7) is 3.89. The van der Waals surface area contributed by atoms with Crippen molar-refractivity contribution < 1.29 is 13.5 Å². The van der Waals surface area contributed by atoms with Crippen LogP contribution in [0.2, 0.25) is 0 Å². The van der Waals surface area contributed by atoms with Crippen molar-refractivity contribution in [2.45, 2.75) is 31.9 Å². The largest absolute Gasteiger partial charge is 0.391 e. The van der Waals surface area contributed by atoms with Crippen molar-refractivity contribution in [2.75, 3.05) is 11.2 Å². The van der Waals surface area contributed by atoms with Crippen LogP contribution in [0.5, 0.6) is 0 Å². The maximum atomic E-state index is 11.5. The molecule has 78 valence electrons. The van der Waals surface area contributed by atoms with Gasteiger partial charge in [-0.05, 0) is 20.3 Å². The first-order chi connectivity index (χ1) is 5.82. The Balaban J connectivity index is 2.97. The van der Waals surface area contributed by atoms with Crippen molar-refractivity contribution in [1.82, 2.24) is 4.31 Å². The normalized spacial score (nSPS) is 29.4. The molecule has 0 bridgehead atoms. The molecule has 0 aromatic rings. The van der Waals surface area contributed by atoms with Gasteiger partial charge in [-0.25, -0.2) is 8.42 Å². The fraction of sp³-hybridized carbons (Fsp3) is 1.00. The zero-order valence-corrected chi connectivity index (χ0v) is 10.1. The Labute approximate surface area is 87.1 Å². The summed E-state index contributed by atoms with van der Waals surface area (Å²) in [5.74, 6) is 0. The van der Waals surface area contributed by atoms with E-state index in [0.717, 1.165) is 0 Å². The minimum Gasteiger partial charge on any atom is -0.391 e. The first kappa shape index (κ1) is 11.4. The van der Waals surface area contributed by atoms with Crippen LogP contribution in [0, 0.1) is 0 Å². The van der Waals surface area contributed by atoms with E-state index in [1.807, 2.05) is 0 Å². The van der Waals surface area contributed by atoms with Crippen LogP contribution < -0.4 is 0 Å². The Hall–Kier alpha value is 0.350. The van der Waals surface area contributed by atoms with Gasteiger partial charge in [0.15, 0.2) is 0 Å². The van der Waals surface area contributed by atoms with Gasteiger partial charge in [0.05, 0.1) is 11.6 Å². The molecule has 0 aromatic carbocycles. The smallest absolute Gasteiger partial charge is 0.224 e. The lowest BCUT2D eigenvalue weighted by Crippen LogP contribution is -2.48. The van der Waals surface area contributed by atoms with Gasteiger partial charge < -0.3 is 5.11 Å². The third-order valence-electron chi connectivity index (χ3n) is 2.54. The lowest BCUT2D eigenvalue weighted by molar-refractivity contribution is 0.0903. The van der Waals surface area contributed by atoms with Crippen molar-refractivity contribution in [3.63, 3.8) is 0 Å². The van der Waals surface area contributed by atoms with Crippen molar-refractivity contribution >= 4 is 26.0 Å². The molecule has 1 N–H and O–H groups in total. The minimum atomic E-state index is -3.25. The molecule has 0 amide bonds. The molecule has 0 saturated carbocycles. The van der Waals surface area contributed by atoms with Gasteiger partial charge in [-0.15, -0.1) is 0 Å². The SMILES string of the molecule is CC1(C)C(O)CCN1S(=O)(=O)CBr. The molecule has 0 aromatic heterocycles. The number of hydrogen-bond donors (Lipinski definition) is 1. The van der Waals surface area contributed by atoms with E-state index in [2.05, 4.69) is 15.9 Å². The molecule has 1 fully saturated rings. The molecule has 1 heterocycles. The Morgan fingerprint density at radius 2 is 2.15 bits per heavy atom. The summed E-state index contributed by atoms with van der Waals surface area (Å²) in [6, 6.07) is 0. The maximum absolute atomic E-state index is 11.5. The number of halogens is 1. The van der Waals surface area contributed by atoms with Crippen LogP contribution in [0.3, 0.4) is 0 Å². The lowest BCUT2D eigenvalue weighted by Gasteiger charge is -2.32. The van der Waals surface area contributed by atoms with Crippen LogP contribution in [-0.2, 0) is 10.0 Å². The lowest BCUT2D eigenvalue weighted by atomic mass is 10.0. The van der Waals surface area contributed by atoms with E-state index in [1.165, 1.54) is 4.31 Å². The van der Waals surface area contributed by atoms with E-state index < -0.39 is 21.7 Å². The van der Waals surface area contributed by atoms with E-state index in [1.54, 1.807) is 13.8 Å². The van der Waals surface area contributed by atoms with E-state index in [-0.39, 0.29) is 4.66 Å². The average Bonchev–Trinajstić information content (AvgIpc) is 2.28. The highest BCUT2D eigenvalue weighted by atomic mass is 79.9. The summed E-state index contributed by atoms with van der Waals surface area (Å²) in [7, 11) is -3.25. The van der Waals surface area contributed by atoms with Crippen LogP contribution in [0.1, 0.15) is 20.3 Å². The summed E-state index contributed by atoms with van der Waals surface area (Å²) in [5.41, 5.74) is -0.674. The average molecular weight is 272 g/mol. The van der Waals surface area contributed by atoms with Crippen molar-refractivity contribution in [3.8, 4) is 0 Å². The Morgan fingerprint density at radius 1 is 1.62 bits per heavy atom. The highest BCUT2D eigenvalue weighted by Gasteiger charge is 2.45. The molecule has 0 aliphatic carbocycles. The second-order valence-corrected chi connectivity index (χ2v) is 6.95. The molecule has 1 unspecified atom stereocenters. The molecular weight excluding hydrogens is 258 g/mol. The van der Waals surface area contributed by atoms with Crippen LogP contribution in [-0.4, -0.2) is 40.7 Å². The summed E-state index contributed by atoms with van der Waals surface area (Å²) in [6.07, 6.45) is -0.0551. The Kier molecular flexibility index (Phi) is 3.07. The van der Waals surface area contributed by atoms with Gasteiger partial charge in [0.2, 0.25) is 10.0 Å². The van der Waals surface area contributed by atoms with Gasteiger partial charge in [-0.2, -0.15) is 4.31 Å². The van der Waals surface area contributed by atoms with Crippen LogP contribution in [0.15, 0.2) is 0 Å². The number of aliphatic hydroxyl groups is 1. The molecule has 0 spiro atoms. The molecule has 1 aliphatic rings.